The van der Waals surface area contributed by atoms with Crippen LogP contribution in [0.3, 0.4) is 0 Å². The number of fused-ring (bicyclic) bond motifs is 1. The molecule has 138 valence electrons. The zero-order valence-electron chi connectivity index (χ0n) is 15.0. The molecule has 0 radical (unpaired) electrons. The zero-order chi connectivity index (χ0) is 19.1. The van der Waals surface area contributed by atoms with Crippen molar-refractivity contribution in [3.8, 4) is 17.0 Å². The lowest BCUT2D eigenvalue weighted by atomic mass is 10.00. The number of alkyl halides is 1. The molecule has 7 heteroatoms. The lowest BCUT2D eigenvalue weighted by Crippen LogP contribution is -2.15. The molecule has 3 aromatic rings. The molecule has 6 nitrogen and oxygen atoms in total. The number of rotatable bonds is 4. The summed E-state index contributed by atoms with van der Waals surface area (Å²) < 4.78 is 18.2. The molecule has 1 aromatic carbocycles. The third-order valence-corrected chi connectivity index (χ3v) is 4.75. The molecule has 4 rings (SSSR count). The van der Waals surface area contributed by atoms with Gasteiger partial charge in [0.15, 0.2) is 0 Å². The number of nitrogen functional groups attached to an aromatic ring is 1. The molecule has 1 aliphatic rings. The quantitative estimate of drug-likeness (QED) is 0.690. The number of carbonyl (C=O) groups excluding carboxylic acids is 1. The van der Waals surface area contributed by atoms with Gasteiger partial charge in [-0.2, -0.15) is 0 Å². The molecule has 1 amide bonds. The lowest BCUT2D eigenvalue weighted by Gasteiger charge is -2.11. The monoisotopic (exact) mass is 366 g/mol. The van der Waals surface area contributed by atoms with Gasteiger partial charge in [0.25, 0.3) is 0 Å². The van der Waals surface area contributed by atoms with Gasteiger partial charge in [-0.3, -0.25) is 4.79 Å². The third-order valence-electron chi connectivity index (χ3n) is 4.75. The molecule has 2 heterocycles. The molecule has 0 unspecified atom stereocenters. The Bertz CT molecular complexity index is 1050. The number of anilines is 2. The second-order valence-corrected chi connectivity index (χ2v) is 6.69. The van der Waals surface area contributed by atoms with E-state index in [1.807, 2.05) is 25.1 Å². The first-order valence-electron chi connectivity index (χ1n) is 8.62. The Kier molecular flexibility index (Phi) is 4.14. The topological polar surface area (TPSA) is 90.1 Å². The first-order chi connectivity index (χ1) is 13.0. The number of pyridine rings is 2. The summed E-state index contributed by atoms with van der Waals surface area (Å²) in [6, 6.07) is 9.31. The number of nitrogens with one attached hydrogen (secondary N) is 1. The van der Waals surface area contributed by atoms with Gasteiger partial charge < -0.3 is 15.8 Å². The SMILES string of the molecule is COc1ccc(-c2cc(N)c3cnc(NC(=O)[C@@H]4C[C@@H]4F)cc3c2)c(C)n1. The minimum Gasteiger partial charge on any atom is -0.481 e. The Hall–Kier alpha value is -3.22. The van der Waals surface area contributed by atoms with Crippen LogP contribution in [0.4, 0.5) is 15.9 Å². The lowest BCUT2D eigenvalue weighted by molar-refractivity contribution is -0.117. The molecule has 27 heavy (non-hydrogen) atoms. The molecule has 2 atom stereocenters. The Balaban J connectivity index is 1.71. The number of hydrogen-bond donors (Lipinski definition) is 2. The fourth-order valence-electron chi connectivity index (χ4n) is 3.12. The molecule has 1 saturated carbocycles. The molecule has 0 bridgehead atoms. The van der Waals surface area contributed by atoms with Crippen molar-refractivity contribution >= 4 is 28.2 Å². The molecular weight excluding hydrogens is 347 g/mol. The number of aryl methyl sites for hydroxylation is 1. The Morgan fingerprint density at radius 2 is 2.11 bits per heavy atom. The minimum atomic E-state index is -1.04. The number of halogens is 1. The number of hydrogen-bond acceptors (Lipinski definition) is 5. The highest BCUT2D eigenvalue weighted by Gasteiger charge is 2.43. The minimum absolute atomic E-state index is 0.278. The number of ether oxygens (including phenoxy) is 1. The van der Waals surface area contributed by atoms with Crippen molar-refractivity contribution in [3.63, 3.8) is 0 Å². The Morgan fingerprint density at radius 1 is 1.33 bits per heavy atom. The van der Waals surface area contributed by atoms with Crippen molar-refractivity contribution in [2.75, 3.05) is 18.2 Å². The summed E-state index contributed by atoms with van der Waals surface area (Å²) in [4.78, 5) is 20.6. The van der Waals surface area contributed by atoms with Crippen molar-refractivity contribution in [2.24, 2.45) is 5.92 Å². The van der Waals surface area contributed by atoms with E-state index >= 15 is 0 Å². The van der Waals surface area contributed by atoms with E-state index in [9.17, 15) is 9.18 Å². The number of aromatic nitrogens is 2. The molecule has 0 spiro atoms. The first kappa shape index (κ1) is 17.2. The van der Waals surface area contributed by atoms with Gasteiger partial charge in [-0.05, 0) is 48.6 Å². The van der Waals surface area contributed by atoms with Crippen LogP contribution in [-0.2, 0) is 4.79 Å². The molecule has 1 fully saturated rings. The maximum Gasteiger partial charge on any atom is 0.231 e. The van der Waals surface area contributed by atoms with Crippen LogP contribution in [0.15, 0.2) is 36.5 Å². The maximum atomic E-state index is 13.1. The Morgan fingerprint density at radius 3 is 2.78 bits per heavy atom. The van der Waals surface area contributed by atoms with Gasteiger partial charge >= 0.3 is 0 Å². The number of nitrogens with zero attached hydrogens (tertiary/aromatic N) is 2. The summed E-state index contributed by atoms with van der Waals surface area (Å²) in [5, 5.41) is 4.29. The maximum absolute atomic E-state index is 13.1. The summed E-state index contributed by atoms with van der Waals surface area (Å²) >= 11 is 0. The Labute approximate surface area is 155 Å². The number of benzene rings is 1. The summed E-state index contributed by atoms with van der Waals surface area (Å²) in [7, 11) is 1.57. The van der Waals surface area contributed by atoms with Crippen molar-refractivity contribution in [1.82, 2.24) is 9.97 Å². The van der Waals surface area contributed by atoms with Crippen LogP contribution in [0.5, 0.6) is 5.88 Å². The van der Waals surface area contributed by atoms with Gasteiger partial charge in [-0.25, -0.2) is 14.4 Å². The molecule has 0 aliphatic heterocycles. The first-order valence-corrected chi connectivity index (χ1v) is 8.62. The van der Waals surface area contributed by atoms with E-state index in [4.69, 9.17) is 10.5 Å². The predicted octanol–water partition coefficient (Wildman–Crippen LogP) is 3.49. The van der Waals surface area contributed by atoms with Crippen LogP contribution in [0.25, 0.3) is 21.9 Å². The highest BCUT2D eigenvalue weighted by Crippen LogP contribution is 2.35. The van der Waals surface area contributed by atoms with Crippen molar-refractivity contribution < 1.29 is 13.9 Å². The van der Waals surface area contributed by atoms with Crippen LogP contribution < -0.4 is 15.8 Å². The van der Waals surface area contributed by atoms with Crippen LogP contribution in [-0.4, -0.2) is 29.2 Å². The van der Waals surface area contributed by atoms with Gasteiger partial charge in [0.1, 0.15) is 12.0 Å². The van der Waals surface area contributed by atoms with E-state index in [-0.39, 0.29) is 12.3 Å². The fraction of sp³-hybridized carbons (Fsp3) is 0.250. The third kappa shape index (κ3) is 3.28. The molecule has 2 aromatic heterocycles. The average molecular weight is 366 g/mol. The van der Waals surface area contributed by atoms with Gasteiger partial charge in [0.05, 0.1) is 13.0 Å². The van der Waals surface area contributed by atoms with Gasteiger partial charge in [0.2, 0.25) is 11.8 Å². The number of amides is 1. The van der Waals surface area contributed by atoms with E-state index in [1.165, 1.54) is 0 Å². The van der Waals surface area contributed by atoms with E-state index in [0.29, 0.717) is 17.4 Å². The van der Waals surface area contributed by atoms with Crippen molar-refractivity contribution in [2.45, 2.75) is 19.5 Å². The van der Waals surface area contributed by atoms with Crippen molar-refractivity contribution in [3.05, 3.63) is 42.2 Å². The van der Waals surface area contributed by atoms with E-state index in [2.05, 4.69) is 15.3 Å². The zero-order valence-corrected chi connectivity index (χ0v) is 15.0. The normalized spacial score (nSPS) is 18.3. The van der Waals surface area contributed by atoms with Crippen LogP contribution in [0.2, 0.25) is 0 Å². The summed E-state index contributed by atoms with van der Waals surface area (Å²) in [6.07, 6.45) is 0.849. The van der Waals surface area contributed by atoms with E-state index in [0.717, 1.165) is 27.6 Å². The number of nitrogens with two attached hydrogens (primary N) is 1. The average Bonchev–Trinajstić information content (AvgIpc) is 3.38. The second-order valence-electron chi connectivity index (χ2n) is 6.69. The number of methoxy groups -OCH3 is 1. The number of carbonyl (C=O) groups is 1. The molecule has 0 saturated heterocycles. The fourth-order valence-corrected chi connectivity index (χ4v) is 3.12. The van der Waals surface area contributed by atoms with Gasteiger partial charge in [-0.15, -0.1) is 0 Å². The summed E-state index contributed by atoms with van der Waals surface area (Å²) in [6.45, 7) is 1.90. The van der Waals surface area contributed by atoms with Gasteiger partial charge in [-0.1, -0.05) is 0 Å². The second kappa shape index (κ2) is 6.50. The van der Waals surface area contributed by atoms with Crippen LogP contribution >= 0.6 is 0 Å². The van der Waals surface area contributed by atoms with E-state index in [1.54, 1.807) is 25.4 Å². The largest absolute Gasteiger partial charge is 0.481 e. The van der Waals surface area contributed by atoms with Crippen molar-refractivity contribution in [1.29, 1.82) is 0 Å². The summed E-state index contributed by atoms with van der Waals surface area (Å²) in [5.74, 6) is 0.0266. The van der Waals surface area contributed by atoms with Gasteiger partial charge in [0, 0.05) is 34.6 Å². The smallest absolute Gasteiger partial charge is 0.231 e. The van der Waals surface area contributed by atoms with Crippen LogP contribution in [0.1, 0.15) is 12.1 Å². The van der Waals surface area contributed by atoms with E-state index < -0.39 is 12.1 Å². The highest BCUT2D eigenvalue weighted by molar-refractivity contribution is 6.00. The molecule has 3 N–H and O–H groups in total. The highest BCUT2D eigenvalue weighted by atomic mass is 19.1. The predicted molar refractivity (Wildman–Crippen MR) is 102 cm³/mol. The molecule has 1 aliphatic carbocycles. The summed E-state index contributed by atoms with van der Waals surface area (Å²) in [5.41, 5.74) is 9.44. The molecular formula is C20H19FN4O2. The van der Waals surface area contributed by atoms with Crippen LogP contribution in [0, 0.1) is 12.8 Å². The standard InChI is InChI=1S/C20H19FN4O2/c1-10-13(3-4-19(24-10)27-2)11-5-12-7-18(23-9-15(12)17(22)6-11)25-20(26)14-8-16(14)21/h3-7,9,14,16H,8,22H2,1-2H3,(H,23,25,26)/t14-,16+/m1/s1.